The van der Waals surface area contributed by atoms with Crippen molar-refractivity contribution in [2.45, 2.75) is 0 Å². The fourth-order valence-corrected chi connectivity index (χ4v) is 7.32. The Bertz CT molecular complexity index is 2870. The normalized spacial score (nSPS) is 11.6. The van der Waals surface area contributed by atoms with Crippen LogP contribution in [0.1, 0.15) is 33.1 Å². The minimum atomic E-state index is -1.00. The second-order valence-electron chi connectivity index (χ2n) is 13.4. The first-order valence-corrected chi connectivity index (χ1v) is 18.2. The zero-order valence-electron chi connectivity index (χ0n) is 31.9. The molecule has 0 aliphatic carbocycles. The average Bonchev–Trinajstić information content (AvgIpc) is 4.10. The zero-order valence-corrected chi connectivity index (χ0v) is 34.9. The van der Waals surface area contributed by atoms with E-state index in [1.807, 2.05) is 121 Å². The maximum absolute atomic E-state index is 11.8. The number of ether oxygens (including phenoxy) is 3. The predicted octanol–water partition coefficient (Wildman–Crippen LogP) is 10.3. The van der Waals surface area contributed by atoms with Gasteiger partial charge in [-0.05, 0) is 117 Å². The molecule has 0 radical (unpaired) electrons. The third-order valence-electron chi connectivity index (χ3n) is 10.2. The molecule has 3 aromatic heterocycles. The third kappa shape index (κ3) is 6.99. The molecule has 0 atom stereocenters. The fourth-order valence-electron chi connectivity index (χ4n) is 7.32. The Morgan fingerprint density at radius 2 is 0.690 bits per heavy atom. The van der Waals surface area contributed by atoms with Crippen LogP contribution in [0.2, 0.25) is 0 Å². The Balaban J connectivity index is 0.00000469. The van der Waals surface area contributed by atoms with Crippen LogP contribution in [-0.2, 0) is 19.5 Å². The summed E-state index contributed by atoms with van der Waals surface area (Å²) in [4.78, 5) is 33.0. The predicted molar refractivity (Wildman–Crippen MR) is 225 cm³/mol. The molecule has 0 unspecified atom stereocenters. The van der Waals surface area contributed by atoms with E-state index in [-0.39, 0.29) is 25.0 Å². The molecule has 10 heteroatoms. The molecule has 5 heterocycles. The topological polar surface area (TPSA) is 119 Å². The van der Waals surface area contributed by atoms with E-state index < -0.39 is 5.97 Å². The molecular weight excluding hydrogens is 778 g/mol. The fraction of sp³-hybridized carbons (Fsp3) is 0.0625. The van der Waals surface area contributed by atoms with Crippen molar-refractivity contribution in [1.29, 1.82) is 0 Å². The van der Waals surface area contributed by atoms with E-state index >= 15 is 0 Å². The van der Waals surface area contributed by atoms with Crippen LogP contribution in [0.15, 0.2) is 121 Å². The molecule has 0 amide bonds. The number of aromatic nitrogens is 4. The van der Waals surface area contributed by atoms with Crippen LogP contribution in [0.3, 0.4) is 0 Å². The Labute approximate surface area is 347 Å². The summed E-state index contributed by atoms with van der Waals surface area (Å²) in [5.41, 5.74) is 12.7. The van der Waals surface area contributed by atoms with E-state index in [1.54, 1.807) is 45.6 Å². The van der Waals surface area contributed by atoms with Gasteiger partial charge in [0.2, 0.25) is 0 Å². The van der Waals surface area contributed by atoms with Gasteiger partial charge in [0, 0.05) is 0 Å². The molecule has 8 bridgehead atoms. The standard InChI is InChI=1S/C48H35N4O5.Zn/c1-55-33-14-8-29(9-15-33)45-38-22-20-36(49-38)44(28-4-6-32(7-5-28)48(53)54)37-21-23-39(50-37)46(30-10-16-34(56-2)17-11-30)41-25-27-43(52-41)47(42-26-24-40(45)51-42)31-12-18-35(57-3)19-13-31;/h4-27H,1-3H3,(H2-,49,50,51,52,53,54);/q-1;+2/p-1. The van der Waals surface area contributed by atoms with Crippen molar-refractivity contribution >= 4 is 52.3 Å². The largest absolute Gasteiger partial charge is 2.00 e. The van der Waals surface area contributed by atoms with Crippen LogP contribution >= 0.6 is 0 Å². The second kappa shape index (κ2) is 15.8. The van der Waals surface area contributed by atoms with Crippen molar-refractivity contribution in [2.24, 2.45) is 0 Å². The van der Waals surface area contributed by atoms with E-state index in [0.717, 1.165) is 84.2 Å². The summed E-state index contributed by atoms with van der Waals surface area (Å²) < 4.78 is 16.5. The van der Waals surface area contributed by atoms with Crippen LogP contribution in [0.5, 0.6) is 17.2 Å². The average molecular weight is 812 g/mol. The second-order valence-corrected chi connectivity index (χ2v) is 13.4. The first-order chi connectivity index (χ1) is 27.9. The van der Waals surface area contributed by atoms with Crippen molar-refractivity contribution in [1.82, 2.24) is 19.9 Å². The number of methoxy groups -OCH3 is 3. The minimum Gasteiger partial charge on any atom is -0.657 e. The Hall–Kier alpha value is -7.03. The Morgan fingerprint density at radius 1 is 0.431 bits per heavy atom. The molecule has 2 aliphatic heterocycles. The summed E-state index contributed by atoms with van der Waals surface area (Å²) in [5.74, 6) is 1.21. The smallest absolute Gasteiger partial charge is 0.657 e. The number of fused-ring (bicyclic) bond motifs is 8. The van der Waals surface area contributed by atoms with E-state index in [2.05, 4.69) is 0 Å². The van der Waals surface area contributed by atoms with Crippen LogP contribution in [0, 0.1) is 0 Å². The number of nitrogens with zero attached hydrogens (tertiary/aromatic N) is 4. The number of rotatable bonds is 8. The summed E-state index contributed by atoms with van der Waals surface area (Å²) >= 11 is 0. The van der Waals surface area contributed by atoms with Gasteiger partial charge in [0.25, 0.3) is 0 Å². The number of benzene rings is 4. The molecule has 58 heavy (non-hydrogen) atoms. The maximum Gasteiger partial charge on any atom is 2.00 e. The van der Waals surface area contributed by atoms with Crippen molar-refractivity contribution in [3.8, 4) is 61.8 Å². The molecule has 9 nitrogen and oxygen atoms in total. The monoisotopic (exact) mass is 810 g/mol. The van der Waals surface area contributed by atoms with Crippen LogP contribution in [0.4, 0.5) is 0 Å². The number of carbonyl (C=O) groups is 1. The van der Waals surface area contributed by atoms with Gasteiger partial charge in [-0.2, -0.15) is 0 Å². The van der Waals surface area contributed by atoms with Crippen LogP contribution in [0.25, 0.3) is 90.9 Å². The van der Waals surface area contributed by atoms with Crippen molar-refractivity contribution in [3.05, 3.63) is 150 Å². The Morgan fingerprint density at radius 3 is 0.931 bits per heavy atom. The number of carboxylic acids is 1. The molecule has 7 aromatic rings. The number of hydrogen-bond donors (Lipinski definition) is 1. The van der Waals surface area contributed by atoms with Gasteiger partial charge >= 0.3 is 25.4 Å². The van der Waals surface area contributed by atoms with Gasteiger partial charge in [-0.15, -0.1) is 22.1 Å². The van der Waals surface area contributed by atoms with Gasteiger partial charge < -0.3 is 29.3 Å². The van der Waals surface area contributed by atoms with Gasteiger partial charge in [-0.1, -0.05) is 72.8 Å². The summed E-state index contributed by atoms with van der Waals surface area (Å²) in [6.45, 7) is 0. The first-order valence-electron chi connectivity index (χ1n) is 18.2. The Kier molecular flexibility index (Phi) is 10.3. The molecule has 9 rings (SSSR count). The summed E-state index contributed by atoms with van der Waals surface area (Å²) in [5, 5.41) is 9.70. The van der Waals surface area contributed by atoms with Gasteiger partial charge in [0.15, 0.2) is 0 Å². The van der Waals surface area contributed by atoms with E-state index in [4.69, 9.17) is 34.1 Å². The number of aromatic carboxylic acids is 1. The third-order valence-corrected chi connectivity index (χ3v) is 10.2. The molecule has 1 N–H and O–H groups in total. The molecule has 0 saturated heterocycles. The molecule has 278 valence electrons. The molecule has 0 spiro atoms. The van der Waals surface area contributed by atoms with Crippen molar-refractivity contribution in [3.63, 3.8) is 0 Å². The molecular formula is C48H34N4O5Zn. The summed E-state index contributed by atoms with van der Waals surface area (Å²) in [6.07, 6.45) is 8.01. The SMILES string of the molecule is COc1ccc(-c2c3nc(c(-c4ccc(OC)cc4)c4ccc([n-]4)c(-c4ccc(C(=O)O)cc4)c4nc(c(-c5ccc(OC)cc5)c5ccc2[n-]5)C=C4)C=C3)cc1.[Zn+2]. The van der Waals surface area contributed by atoms with E-state index in [1.165, 1.54) is 0 Å². The molecule has 0 saturated carbocycles. The van der Waals surface area contributed by atoms with Gasteiger partial charge in [0.05, 0.1) is 49.7 Å². The van der Waals surface area contributed by atoms with E-state index in [9.17, 15) is 9.90 Å². The quantitative estimate of drug-likeness (QED) is 0.150. The minimum absolute atomic E-state index is 0. The van der Waals surface area contributed by atoms with Gasteiger partial charge in [-0.25, -0.2) is 14.8 Å². The van der Waals surface area contributed by atoms with Crippen LogP contribution < -0.4 is 24.2 Å². The summed E-state index contributed by atoms with van der Waals surface area (Å²) in [7, 11) is 4.94. The van der Waals surface area contributed by atoms with Crippen LogP contribution in [-0.4, -0.2) is 42.4 Å². The van der Waals surface area contributed by atoms with Crippen molar-refractivity contribution in [2.75, 3.05) is 21.3 Å². The first kappa shape index (κ1) is 37.9. The van der Waals surface area contributed by atoms with Crippen molar-refractivity contribution < 1.29 is 43.6 Å². The maximum atomic E-state index is 11.8. The number of carboxylic acid groups (broad SMARTS) is 1. The van der Waals surface area contributed by atoms with Gasteiger partial charge in [-0.3, -0.25) is 0 Å². The van der Waals surface area contributed by atoms with Gasteiger partial charge in [0.1, 0.15) is 17.2 Å². The summed E-state index contributed by atoms with van der Waals surface area (Å²) in [6, 6.07) is 38.4. The molecule has 2 aliphatic rings. The number of hydrogen-bond acceptors (Lipinski definition) is 6. The van der Waals surface area contributed by atoms with E-state index in [0.29, 0.717) is 22.4 Å². The molecule has 4 aromatic carbocycles. The molecule has 0 fully saturated rings. The zero-order chi connectivity index (χ0) is 39.0.